The van der Waals surface area contributed by atoms with Gasteiger partial charge in [-0.15, -0.1) is 0 Å². The number of carbonyl (C=O) groups excluding carboxylic acids is 2. The van der Waals surface area contributed by atoms with E-state index < -0.39 is 22.0 Å². The second kappa shape index (κ2) is 11.8. The molecule has 2 rings (SSSR count). The van der Waals surface area contributed by atoms with E-state index in [1.807, 2.05) is 4.72 Å². The van der Waals surface area contributed by atoms with Crippen LogP contribution < -0.4 is 20.9 Å². The molecular formula is C16H18ClN7O5S3. The minimum absolute atomic E-state index is 0.0131. The van der Waals surface area contributed by atoms with Crippen LogP contribution in [0.5, 0.6) is 0 Å². The lowest BCUT2D eigenvalue weighted by Gasteiger charge is -2.11. The normalized spacial score (nSPS) is 10.7. The van der Waals surface area contributed by atoms with Gasteiger partial charge >= 0.3 is 12.0 Å². The van der Waals surface area contributed by atoms with Crippen molar-refractivity contribution in [1.82, 2.24) is 25.1 Å². The first-order valence-corrected chi connectivity index (χ1v) is 12.0. The number of thiocarbonyl (C=S) groups is 1. The first kappa shape index (κ1) is 25.5. The Morgan fingerprint density at radius 2 is 1.88 bits per heavy atom. The molecule has 0 unspecified atom stereocenters. The van der Waals surface area contributed by atoms with E-state index in [0.717, 1.165) is 11.8 Å². The zero-order chi connectivity index (χ0) is 23.7. The third kappa shape index (κ3) is 8.07. The van der Waals surface area contributed by atoms with E-state index >= 15 is 0 Å². The summed E-state index contributed by atoms with van der Waals surface area (Å²) in [6.45, 7) is 3.50. The molecule has 1 aromatic heterocycles. The van der Waals surface area contributed by atoms with Crippen molar-refractivity contribution in [2.45, 2.75) is 18.7 Å². The number of benzene rings is 1. The summed E-state index contributed by atoms with van der Waals surface area (Å²) < 4.78 is 31.5. The minimum Gasteiger partial charge on any atom is -0.465 e. The number of sulfonamides is 1. The molecule has 0 atom stereocenters. The molecule has 172 valence electrons. The first-order valence-electron chi connectivity index (χ1n) is 8.76. The Morgan fingerprint density at radius 3 is 2.56 bits per heavy atom. The Morgan fingerprint density at radius 1 is 1.19 bits per heavy atom. The number of aryl methyl sites for hydroxylation is 1. The maximum Gasteiger partial charge on any atom is 0.335 e. The molecule has 1 aromatic carbocycles. The van der Waals surface area contributed by atoms with Crippen molar-refractivity contribution in [1.29, 1.82) is 0 Å². The smallest absolute Gasteiger partial charge is 0.335 e. The Bertz CT molecular complexity index is 1120. The van der Waals surface area contributed by atoms with Gasteiger partial charge in [0.2, 0.25) is 11.9 Å². The number of rotatable bonds is 8. The van der Waals surface area contributed by atoms with Gasteiger partial charge in [0.05, 0.1) is 17.4 Å². The molecule has 0 bridgehead atoms. The number of halogens is 1. The summed E-state index contributed by atoms with van der Waals surface area (Å²) in [5.41, 5.74) is 5.22. The average Bonchev–Trinajstić information content (AvgIpc) is 2.70. The Balaban J connectivity index is 1.97. The second-order valence-corrected chi connectivity index (χ2v) is 9.36. The summed E-state index contributed by atoms with van der Waals surface area (Å²) in [7, 11) is -4.22. The van der Waals surface area contributed by atoms with Crippen molar-refractivity contribution in [3.05, 3.63) is 35.1 Å². The van der Waals surface area contributed by atoms with Gasteiger partial charge in [-0.3, -0.25) is 21.0 Å². The summed E-state index contributed by atoms with van der Waals surface area (Å²) in [4.78, 5) is 35.1. The molecule has 4 N–H and O–H groups in total. The maximum atomic E-state index is 12.3. The van der Waals surface area contributed by atoms with Crippen LogP contribution in [0.4, 0.5) is 16.7 Å². The summed E-state index contributed by atoms with van der Waals surface area (Å²) in [6, 6.07) is 4.55. The fourth-order valence-corrected chi connectivity index (χ4v) is 4.14. The van der Waals surface area contributed by atoms with E-state index in [2.05, 4.69) is 31.1 Å². The van der Waals surface area contributed by atoms with Crippen LogP contribution >= 0.6 is 35.6 Å². The number of esters is 1. The van der Waals surface area contributed by atoms with E-state index in [4.69, 9.17) is 28.6 Å². The van der Waals surface area contributed by atoms with Gasteiger partial charge in [0.1, 0.15) is 10.7 Å². The van der Waals surface area contributed by atoms with Crippen LogP contribution in [0.1, 0.15) is 12.7 Å². The lowest BCUT2D eigenvalue weighted by molar-refractivity contribution is -0.139. The van der Waals surface area contributed by atoms with Crippen molar-refractivity contribution in [2.24, 2.45) is 0 Å². The number of nitrogens with one attached hydrogen (secondary N) is 4. The number of carbonyl (C=O) groups is 2. The predicted molar refractivity (Wildman–Crippen MR) is 124 cm³/mol. The molecule has 0 radical (unpaired) electrons. The largest absolute Gasteiger partial charge is 0.465 e. The molecule has 0 aliphatic carbocycles. The third-order valence-corrected chi connectivity index (χ3v) is 6.26. The van der Waals surface area contributed by atoms with Gasteiger partial charge in [-0.1, -0.05) is 47.7 Å². The molecule has 16 heteroatoms. The lowest BCUT2D eigenvalue weighted by Crippen LogP contribution is -2.35. The summed E-state index contributed by atoms with van der Waals surface area (Å²) >= 11 is 12.0. The molecule has 0 aliphatic rings. The number of hydrogen-bond acceptors (Lipinski definition) is 11. The molecular weight excluding hydrogens is 502 g/mol. The standard InChI is InChI=1S/C16H18ClN7O5S3/c1-3-29-12(25)8-31-16(30)23-22-14-19-9(2)18-13(20-14)21-15(26)24-32(27,28)11-7-5-4-6-10(11)17/h4-7H,3,8H2,1-2H3,(H,23,30)(H3,18,19,20,21,22,24,26). The fourth-order valence-electron chi connectivity index (χ4n) is 2.03. The first-order chi connectivity index (χ1) is 15.1. The number of hydrazine groups is 1. The van der Waals surface area contributed by atoms with Gasteiger partial charge in [0, 0.05) is 0 Å². The molecule has 0 fully saturated rings. The summed E-state index contributed by atoms with van der Waals surface area (Å²) in [5, 5.41) is 2.17. The van der Waals surface area contributed by atoms with Crippen molar-refractivity contribution < 1.29 is 22.7 Å². The molecule has 0 saturated heterocycles. The topological polar surface area (TPSA) is 164 Å². The number of hydrogen-bond donors (Lipinski definition) is 4. The molecule has 12 nitrogen and oxygen atoms in total. The van der Waals surface area contributed by atoms with E-state index in [9.17, 15) is 18.0 Å². The summed E-state index contributed by atoms with van der Waals surface area (Å²) in [6.07, 6.45) is 0. The molecule has 1 heterocycles. The monoisotopic (exact) mass is 519 g/mol. The number of nitrogens with zero attached hydrogens (tertiary/aromatic N) is 3. The predicted octanol–water partition coefficient (Wildman–Crippen LogP) is 1.84. The summed E-state index contributed by atoms with van der Waals surface area (Å²) in [5.74, 6) is -0.412. The highest BCUT2D eigenvalue weighted by Crippen LogP contribution is 2.20. The lowest BCUT2D eigenvalue weighted by atomic mass is 10.4. The van der Waals surface area contributed by atoms with Crippen LogP contribution in [0.15, 0.2) is 29.2 Å². The zero-order valence-corrected chi connectivity index (χ0v) is 19.9. The second-order valence-electron chi connectivity index (χ2n) is 5.65. The number of aromatic nitrogens is 3. The number of thioether (sulfide) groups is 1. The molecule has 0 spiro atoms. The molecule has 0 aliphatic heterocycles. The van der Waals surface area contributed by atoms with Crippen molar-refractivity contribution in [3.8, 4) is 0 Å². The molecule has 0 saturated carbocycles. The van der Waals surface area contributed by atoms with Crippen LogP contribution in [0.3, 0.4) is 0 Å². The number of ether oxygens (including phenoxy) is 1. The van der Waals surface area contributed by atoms with Gasteiger partial charge in [-0.05, 0) is 26.0 Å². The molecule has 2 amide bonds. The Hall–Kier alpha value is -2.75. The van der Waals surface area contributed by atoms with Crippen LogP contribution in [0.25, 0.3) is 0 Å². The van der Waals surface area contributed by atoms with E-state index in [-0.39, 0.29) is 44.3 Å². The van der Waals surface area contributed by atoms with E-state index in [1.54, 1.807) is 13.0 Å². The fraction of sp³-hybridized carbons (Fsp3) is 0.250. The highest BCUT2D eigenvalue weighted by molar-refractivity contribution is 8.23. The van der Waals surface area contributed by atoms with Gasteiger partial charge in [0.25, 0.3) is 10.0 Å². The average molecular weight is 520 g/mol. The minimum atomic E-state index is -4.22. The van der Waals surface area contributed by atoms with E-state index in [1.165, 1.54) is 25.1 Å². The number of urea groups is 1. The van der Waals surface area contributed by atoms with Crippen LogP contribution in [0, 0.1) is 6.92 Å². The van der Waals surface area contributed by atoms with Gasteiger partial charge in [-0.2, -0.15) is 15.0 Å². The van der Waals surface area contributed by atoms with E-state index in [0.29, 0.717) is 0 Å². The van der Waals surface area contributed by atoms with Crippen molar-refractivity contribution >= 4 is 73.8 Å². The maximum absolute atomic E-state index is 12.3. The SMILES string of the molecule is CCOC(=O)CSC(=S)NNc1nc(C)nc(NC(=O)NS(=O)(=O)c2ccccc2Cl)n1. The highest BCUT2D eigenvalue weighted by Gasteiger charge is 2.21. The molecule has 32 heavy (non-hydrogen) atoms. The Kier molecular flexibility index (Phi) is 9.37. The molecule has 2 aromatic rings. The van der Waals surface area contributed by atoms with Crippen molar-refractivity contribution in [2.75, 3.05) is 23.1 Å². The number of anilines is 2. The van der Waals surface area contributed by atoms with Crippen LogP contribution in [-0.4, -0.2) is 52.1 Å². The quantitative estimate of drug-likeness (QED) is 0.227. The van der Waals surface area contributed by atoms with Crippen molar-refractivity contribution in [3.63, 3.8) is 0 Å². The van der Waals surface area contributed by atoms with Gasteiger partial charge in [0.15, 0.2) is 4.32 Å². The highest BCUT2D eigenvalue weighted by atomic mass is 35.5. The number of amides is 2. The zero-order valence-electron chi connectivity index (χ0n) is 16.7. The van der Waals surface area contributed by atoms with Gasteiger partial charge < -0.3 is 4.74 Å². The van der Waals surface area contributed by atoms with Crippen LogP contribution in [-0.2, 0) is 19.6 Å². The van der Waals surface area contributed by atoms with Gasteiger partial charge in [-0.25, -0.2) is 17.9 Å². The Labute approximate surface area is 198 Å². The van der Waals surface area contributed by atoms with Crippen LogP contribution in [0.2, 0.25) is 5.02 Å². The third-order valence-electron chi connectivity index (χ3n) is 3.23.